The number of Topliss-reactive ketones (excluding diaryl/α,β-unsaturated/α-hetero) is 1. The molecular weight excluding hydrogens is 270 g/mol. The summed E-state index contributed by atoms with van der Waals surface area (Å²) in [6.07, 6.45) is 4.50. The number of hydrogen-bond donors (Lipinski definition) is 1. The molecule has 0 radical (unpaired) electrons. The second-order valence-electron chi connectivity index (χ2n) is 5.59. The molecule has 114 valence electrons. The Hall–Kier alpha value is -1.98. The van der Waals surface area contributed by atoms with Crippen molar-refractivity contribution < 1.29 is 14.7 Å². The monoisotopic (exact) mass is 291 g/mol. The van der Waals surface area contributed by atoms with Crippen LogP contribution in [0.4, 0.5) is 5.95 Å². The number of rotatable bonds is 5. The molecule has 2 heterocycles. The lowest BCUT2D eigenvalue weighted by Gasteiger charge is -2.32. The van der Waals surface area contributed by atoms with Gasteiger partial charge in [-0.25, -0.2) is 9.97 Å². The van der Waals surface area contributed by atoms with Crippen molar-refractivity contribution in [3.05, 3.63) is 17.5 Å². The number of aliphatic carboxylic acids is 1. The lowest BCUT2D eigenvalue weighted by molar-refractivity contribution is -0.137. The van der Waals surface area contributed by atoms with Gasteiger partial charge in [-0.05, 0) is 39.0 Å². The van der Waals surface area contributed by atoms with Crippen molar-refractivity contribution in [1.29, 1.82) is 0 Å². The summed E-state index contributed by atoms with van der Waals surface area (Å²) >= 11 is 0. The number of piperidine rings is 1. The number of aromatic nitrogens is 2. The molecule has 0 unspecified atom stereocenters. The molecule has 2 rings (SSSR count). The lowest BCUT2D eigenvalue weighted by atomic mass is 9.92. The van der Waals surface area contributed by atoms with E-state index in [1.54, 1.807) is 6.20 Å². The highest BCUT2D eigenvalue weighted by atomic mass is 16.4. The predicted molar refractivity (Wildman–Crippen MR) is 78.6 cm³/mol. The molecule has 0 aromatic carbocycles. The van der Waals surface area contributed by atoms with Crippen LogP contribution in [0.3, 0.4) is 0 Å². The van der Waals surface area contributed by atoms with Crippen LogP contribution in [0.5, 0.6) is 0 Å². The Morgan fingerprint density at radius 2 is 2.05 bits per heavy atom. The molecule has 1 saturated heterocycles. The highest BCUT2D eigenvalue weighted by molar-refractivity contribution is 5.94. The van der Waals surface area contributed by atoms with Crippen molar-refractivity contribution in [1.82, 2.24) is 9.97 Å². The number of anilines is 1. The summed E-state index contributed by atoms with van der Waals surface area (Å²) in [6.45, 7) is 5.01. The fraction of sp³-hybridized carbons (Fsp3) is 0.600. The molecule has 0 bridgehead atoms. The molecule has 1 aliphatic heterocycles. The van der Waals surface area contributed by atoms with Crippen molar-refractivity contribution in [3.63, 3.8) is 0 Å². The van der Waals surface area contributed by atoms with Crippen LogP contribution in [0, 0.1) is 12.8 Å². The Morgan fingerprint density at radius 3 is 2.57 bits per heavy atom. The maximum atomic E-state index is 11.4. The summed E-state index contributed by atoms with van der Waals surface area (Å²) in [6, 6.07) is 0. The molecule has 0 saturated carbocycles. The van der Waals surface area contributed by atoms with Gasteiger partial charge in [-0.1, -0.05) is 0 Å². The maximum absolute atomic E-state index is 11.4. The first-order valence-corrected chi connectivity index (χ1v) is 7.28. The fourth-order valence-corrected chi connectivity index (χ4v) is 2.70. The van der Waals surface area contributed by atoms with Gasteiger partial charge < -0.3 is 10.0 Å². The molecule has 0 atom stereocenters. The molecule has 0 spiro atoms. The van der Waals surface area contributed by atoms with Crippen LogP contribution in [0.15, 0.2) is 6.20 Å². The average molecular weight is 291 g/mol. The number of hydrogen-bond acceptors (Lipinski definition) is 5. The van der Waals surface area contributed by atoms with E-state index in [0.29, 0.717) is 23.1 Å². The zero-order valence-electron chi connectivity index (χ0n) is 12.5. The summed E-state index contributed by atoms with van der Waals surface area (Å²) < 4.78 is 0. The molecule has 0 aliphatic carbocycles. The zero-order valence-corrected chi connectivity index (χ0v) is 12.5. The predicted octanol–water partition coefficient (Wildman–Crippen LogP) is 2.07. The van der Waals surface area contributed by atoms with Crippen LogP contribution in [0.1, 0.15) is 48.7 Å². The third-order valence-corrected chi connectivity index (χ3v) is 4.01. The van der Waals surface area contributed by atoms with Gasteiger partial charge in [0.2, 0.25) is 5.95 Å². The summed E-state index contributed by atoms with van der Waals surface area (Å²) in [5.41, 5.74) is 1.27. The lowest BCUT2D eigenvalue weighted by Crippen LogP contribution is -2.35. The number of aryl methyl sites for hydroxylation is 1. The SMILES string of the molecule is CC(=O)c1cnc(N2CCC(CCC(=O)O)CC2)nc1C. The van der Waals surface area contributed by atoms with E-state index in [1.807, 2.05) is 6.92 Å². The first-order valence-electron chi connectivity index (χ1n) is 7.28. The molecule has 6 heteroatoms. The van der Waals surface area contributed by atoms with E-state index in [4.69, 9.17) is 5.11 Å². The van der Waals surface area contributed by atoms with Crippen LogP contribution in [-0.4, -0.2) is 39.9 Å². The van der Waals surface area contributed by atoms with Gasteiger partial charge in [0.15, 0.2) is 5.78 Å². The largest absolute Gasteiger partial charge is 0.481 e. The molecule has 1 N–H and O–H groups in total. The molecule has 1 aromatic rings. The summed E-state index contributed by atoms with van der Waals surface area (Å²) in [5, 5.41) is 8.72. The minimum absolute atomic E-state index is 0.0218. The van der Waals surface area contributed by atoms with Gasteiger partial charge in [-0.3, -0.25) is 9.59 Å². The van der Waals surface area contributed by atoms with E-state index in [0.717, 1.165) is 32.4 Å². The average Bonchev–Trinajstić information content (AvgIpc) is 2.45. The second-order valence-corrected chi connectivity index (χ2v) is 5.59. The molecule has 1 aliphatic rings. The van der Waals surface area contributed by atoms with Crippen LogP contribution < -0.4 is 4.90 Å². The third-order valence-electron chi connectivity index (χ3n) is 4.01. The maximum Gasteiger partial charge on any atom is 0.303 e. The standard InChI is InChI=1S/C15H21N3O3/c1-10-13(11(2)19)9-16-15(17-10)18-7-5-12(6-8-18)3-4-14(20)21/h9,12H,3-8H2,1-2H3,(H,20,21). The van der Waals surface area contributed by atoms with Crippen LogP contribution in [-0.2, 0) is 4.79 Å². The van der Waals surface area contributed by atoms with E-state index >= 15 is 0 Å². The summed E-state index contributed by atoms with van der Waals surface area (Å²) in [5.74, 6) is 0.381. The van der Waals surface area contributed by atoms with Crippen LogP contribution >= 0.6 is 0 Å². The minimum atomic E-state index is -0.726. The topological polar surface area (TPSA) is 83.4 Å². The van der Waals surface area contributed by atoms with Crippen molar-refractivity contribution in [2.24, 2.45) is 5.92 Å². The Labute approximate surface area is 124 Å². The first-order chi connectivity index (χ1) is 9.97. The van der Waals surface area contributed by atoms with Crippen molar-refractivity contribution in [2.75, 3.05) is 18.0 Å². The van der Waals surface area contributed by atoms with Crippen LogP contribution in [0.2, 0.25) is 0 Å². The molecular formula is C15H21N3O3. The zero-order chi connectivity index (χ0) is 15.4. The third kappa shape index (κ3) is 4.00. The van der Waals surface area contributed by atoms with E-state index < -0.39 is 5.97 Å². The van der Waals surface area contributed by atoms with Gasteiger partial charge in [0, 0.05) is 25.7 Å². The van der Waals surface area contributed by atoms with E-state index in [-0.39, 0.29) is 12.2 Å². The highest BCUT2D eigenvalue weighted by Gasteiger charge is 2.22. The number of nitrogens with zero attached hydrogens (tertiary/aromatic N) is 3. The molecule has 21 heavy (non-hydrogen) atoms. The van der Waals surface area contributed by atoms with Crippen LogP contribution in [0.25, 0.3) is 0 Å². The van der Waals surface area contributed by atoms with E-state index in [2.05, 4.69) is 14.9 Å². The normalized spacial score (nSPS) is 16.0. The summed E-state index contributed by atoms with van der Waals surface area (Å²) in [4.78, 5) is 32.8. The number of carbonyl (C=O) groups excluding carboxylic acids is 1. The van der Waals surface area contributed by atoms with Gasteiger partial charge in [0.25, 0.3) is 0 Å². The Kier molecular flexibility index (Phi) is 4.88. The summed E-state index contributed by atoms with van der Waals surface area (Å²) in [7, 11) is 0. The van der Waals surface area contributed by atoms with Gasteiger partial charge in [0.1, 0.15) is 0 Å². The number of carboxylic acid groups (broad SMARTS) is 1. The number of carboxylic acids is 1. The molecule has 1 fully saturated rings. The van der Waals surface area contributed by atoms with E-state index in [1.165, 1.54) is 6.92 Å². The quantitative estimate of drug-likeness (QED) is 0.836. The van der Waals surface area contributed by atoms with Crippen molar-refractivity contribution in [3.8, 4) is 0 Å². The Bertz CT molecular complexity index is 537. The smallest absolute Gasteiger partial charge is 0.303 e. The fourth-order valence-electron chi connectivity index (χ4n) is 2.70. The second kappa shape index (κ2) is 6.65. The minimum Gasteiger partial charge on any atom is -0.481 e. The number of ketones is 1. The van der Waals surface area contributed by atoms with Gasteiger partial charge >= 0.3 is 5.97 Å². The number of carbonyl (C=O) groups is 2. The molecule has 6 nitrogen and oxygen atoms in total. The molecule has 1 aromatic heterocycles. The van der Waals surface area contributed by atoms with E-state index in [9.17, 15) is 9.59 Å². The van der Waals surface area contributed by atoms with Gasteiger partial charge in [-0.2, -0.15) is 0 Å². The highest BCUT2D eigenvalue weighted by Crippen LogP contribution is 2.24. The Balaban J connectivity index is 1.94. The van der Waals surface area contributed by atoms with Gasteiger partial charge in [-0.15, -0.1) is 0 Å². The first kappa shape index (κ1) is 15.4. The van der Waals surface area contributed by atoms with Crippen molar-refractivity contribution in [2.45, 2.75) is 39.5 Å². The van der Waals surface area contributed by atoms with Gasteiger partial charge in [0.05, 0.1) is 11.3 Å². The Morgan fingerprint density at radius 1 is 1.38 bits per heavy atom. The molecule has 0 amide bonds. The van der Waals surface area contributed by atoms with Crippen molar-refractivity contribution >= 4 is 17.7 Å².